The molecule has 0 fully saturated rings. The van der Waals surface area contributed by atoms with Gasteiger partial charge in [-0.05, 0) is 74.0 Å². The lowest BCUT2D eigenvalue weighted by atomic mass is 10.1. The fourth-order valence-electron chi connectivity index (χ4n) is 4.00. The minimum atomic E-state index is -0.228. The van der Waals surface area contributed by atoms with Crippen LogP contribution in [0.1, 0.15) is 32.0 Å². The first kappa shape index (κ1) is 22.4. The molecule has 2 amide bonds. The maximum absolute atomic E-state index is 13.2. The van der Waals surface area contributed by atoms with Gasteiger partial charge in [0, 0.05) is 40.6 Å². The molecule has 0 bridgehead atoms. The highest BCUT2D eigenvalue weighted by Crippen LogP contribution is 2.32. The van der Waals surface area contributed by atoms with Gasteiger partial charge in [0.25, 0.3) is 11.8 Å². The van der Waals surface area contributed by atoms with Gasteiger partial charge in [-0.25, -0.2) is 0 Å². The first-order valence-corrected chi connectivity index (χ1v) is 11.4. The summed E-state index contributed by atoms with van der Waals surface area (Å²) >= 11 is 0. The minimum Gasteiger partial charge on any atom is -0.486 e. The van der Waals surface area contributed by atoms with Gasteiger partial charge >= 0.3 is 0 Å². The number of benzene rings is 3. The number of hydrogen-bond donors (Lipinski definition) is 1. The summed E-state index contributed by atoms with van der Waals surface area (Å²) in [4.78, 5) is 32.2. The number of hydrogen-bond acceptors (Lipinski definition) is 5. The van der Waals surface area contributed by atoms with Crippen LogP contribution in [0.3, 0.4) is 0 Å². The number of rotatable bonds is 4. The van der Waals surface area contributed by atoms with Gasteiger partial charge in [-0.3, -0.25) is 14.6 Å². The van der Waals surface area contributed by atoms with Crippen molar-refractivity contribution < 1.29 is 19.1 Å². The number of nitrogens with one attached hydrogen (secondary N) is 1. The quantitative estimate of drug-likeness (QED) is 0.449. The van der Waals surface area contributed by atoms with Gasteiger partial charge in [0.05, 0.1) is 5.52 Å². The van der Waals surface area contributed by atoms with Crippen molar-refractivity contribution in [1.82, 2.24) is 4.98 Å². The second-order valence-corrected chi connectivity index (χ2v) is 8.54. The van der Waals surface area contributed by atoms with Crippen molar-refractivity contribution in [2.24, 2.45) is 0 Å². The Morgan fingerprint density at radius 3 is 2.46 bits per heavy atom. The molecule has 1 aliphatic heterocycles. The van der Waals surface area contributed by atoms with E-state index in [-0.39, 0.29) is 11.8 Å². The van der Waals surface area contributed by atoms with Crippen molar-refractivity contribution in [1.29, 1.82) is 0 Å². The van der Waals surface area contributed by atoms with Crippen LogP contribution in [-0.2, 0) is 0 Å². The van der Waals surface area contributed by atoms with Crippen LogP contribution in [-0.4, -0.2) is 37.1 Å². The molecule has 35 heavy (non-hydrogen) atoms. The number of amides is 2. The maximum Gasteiger partial charge on any atom is 0.258 e. The van der Waals surface area contributed by atoms with Gasteiger partial charge in [0.15, 0.2) is 11.5 Å². The summed E-state index contributed by atoms with van der Waals surface area (Å²) in [5.74, 6) is 0.775. The second kappa shape index (κ2) is 9.10. The molecule has 0 saturated heterocycles. The van der Waals surface area contributed by atoms with E-state index in [1.807, 2.05) is 50.2 Å². The fraction of sp³-hybridized carbons (Fsp3) is 0.179. The molecule has 7 heteroatoms. The molecule has 4 aromatic rings. The predicted molar refractivity (Wildman–Crippen MR) is 136 cm³/mol. The Labute approximate surface area is 203 Å². The van der Waals surface area contributed by atoms with Crippen LogP contribution in [0.4, 0.5) is 11.4 Å². The molecule has 0 saturated carbocycles. The van der Waals surface area contributed by atoms with E-state index in [1.54, 1.807) is 42.3 Å². The van der Waals surface area contributed by atoms with Crippen LogP contribution in [0.25, 0.3) is 10.9 Å². The average Bonchev–Trinajstić information content (AvgIpc) is 2.88. The van der Waals surface area contributed by atoms with Crippen LogP contribution >= 0.6 is 0 Å². The number of carbonyl (C=O) groups excluding carboxylic acids is 2. The first-order chi connectivity index (χ1) is 16.9. The lowest BCUT2D eigenvalue weighted by Gasteiger charge is -2.22. The number of anilines is 2. The Hall–Kier alpha value is -4.39. The normalized spacial score (nSPS) is 12.3. The Morgan fingerprint density at radius 1 is 0.857 bits per heavy atom. The van der Waals surface area contributed by atoms with Gasteiger partial charge in [0.2, 0.25) is 0 Å². The van der Waals surface area contributed by atoms with Crippen molar-refractivity contribution in [3.05, 3.63) is 89.1 Å². The summed E-state index contributed by atoms with van der Waals surface area (Å²) in [6, 6.07) is 20.0. The number of pyridine rings is 1. The topological polar surface area (TPSA) is 80.8 Å². The van der Waals surface area contributed by atoms with Crippen molar-refractivity contribution in [3.63, 3.8) is 0 Å². The molecule has 1 aliphatic rings. The summed E-state index contributed by atoms with van der Waals surface area (Å²) in [6.45, 7) is 4.79. The summed E-state index contributed by atoms with van der Waals surface area (Å²) in [5, 5.41) is 3.88. The van der Waals surface area contributed by atoms with Crippen molar-refractivity contribution in [2.75, 3.05) is 30.5 Å². The lowest BCUT2D eigenvalue weighted by molar-refractivity contribution is 0.0990. The van der Waals surface area contributed by atoms with Crippen LogP contribution in [0, 0.1) is 13.8 Å². The number of fused-ring (bicyclic) bond motifs is 2. The highest BCUT2D eigenvalue weighted by atomic mass is 16.6. The Balaban J connectivity index is 1.37. The third-order valence-corrected chi connectivity index (χ3v) is 6.04. The molecule has 0 atom stereocenters. The van der Waals surface area contributed by atoms with E-state index in [1.165, 1.54) is 0 Å². The Bertz CT molecular complexity index is 1460. The van der Waals surface area contributed by atoms with E-state index < -0.39 is 0 Å². The van der Waals surface area contributed by atoms with E-state index in [2.05, 4.69) is 10.3 Å². The summed E-state index contributed by atoms with van der Waals surface area (Å²) in [7, 11) is 1.70. The Morgan fingerprint density at radius 2 is 1.63 bits per heavy atom. The average molecular weight is 468 g/mol. The van der Waals surface area contributed by atoms with Crippen molar-refractivity contribution in [3.8, 4) is 11.5 Å². The van der Waals surface area contributed by atoms with Gasteiger partial charge in [-0.2, -0.15) is 0 Å². The van der Waals surface area contributed by atoms with Gasteiger partial charge in [0.1, 0.15) is 13.2 Å². The van der Waals surface area contributed by atoms with E-state index in [0.717, 1.165) is 22.2 Å². The van der Waals surface area contributed by atoms with Gasteiger partial charge in [-0.1, -0.05) is 12.1 Å². The van der Waals surface area contributed by atoms with E-state index in [4.69, 9.17) is 9.47 Å². The monoisotopic (exact) mass is 467 g/mol. The standard InChI is InChI=1S/C28H25N3O4/c1-17-4-9-22(31(3)28(33)21-8-11-25-26(15-21)35-13-12-34-25)16-24(17)30-27(32)20-7-10-23-19(14-20)6-5-18(2)29-23/h4-11,14-16H,12-13H2,1-3H3,(H,30,32). The van der Waals surface area contributed by atoms with Gasteiger partial charge in [-0.15, -0.1) is 0 Å². The molecule has 1 aromatic heterocycles. The van der Waals surface area contributed by atoms with E-state index >= 15 is 0 Å². The lowest BCUT2D eigenvalue weighted by Crippen LogP contribution is -2.27. The fourth-order valence-corrected chi connectivity index (χ4v) is 4.00. The number of nitrogens with zero attached hydrogens (tertiary/aromatic N) is 2. The zero-order valence-corrected chi connectivity index (χ0v) is 19.8. The van der Waals surface area contributed by atoms with Crippen LogP contribution in [0.15, 0.2) is 66.7 Å². The summed E-state index contributed by atoms with van der Waals surface area (Å²) < 4.78 is 11.1. The number of aromatic nitrogens is 1. The second-order valence-electron chi connectivity index (χ2n) is 8.54. The molecule has 3 aromatic carbocycles. The molecular formula is C28H25N3O4. The highest BCUT2D eigenvalue weighted by Gasteiger charge is 2.19. The summed E-state index contributed by atoms with van der Waals surface area (Å²) in [5.41, 5.74) is 4.98. The molecule has 7 nitrogen and oxygen atoms in total. The van der Waals surface area contributed by atoms with Crippen molar-refractivity contribution >= 4 is 34.1 Å². The zero-order valence-electron chi connectivity index (χ0n) is 19.8. The maximum atomic E-state index is 13.2. The third kappa shape index (κ3) is 4.53. The molecule has 0 spiro atoms. The van der Waals surface area contributed by atoms with Crippen molar-refractivity contribution in [2.45, 2.75) is 13.8 Å². The highest BCUT2D eigenvalue weighted by molar-refractivity contribution is 6.08. The molecule has 1 N–H and O–H groups in total. The molecule has 2 heterocycles. The van der Waals surface area contributed by atoms with Crippen LogP contribution in [0.2, 0.25) is 0 Å². The van der Waals surface area contributed by atoms with Gasteiger partial charge < -0.3 is 19.7 Å². The molecular weight excluding hydrogens is 442 g/mol. The molecule has 0 radical (unpaired) electrons. The third-order valence-electron chi connectivity index (χ3n) is 6.04. The largest absolute Gasteiger partial charge is 0.486 e. The summed E-state index contributed by atoms with van der Waals surface area (Å²) in [6.07, 6.45) is 0. The number of aryl methyl sites for hydroxylation is 2. The van der Waals surface area contributed by atoms with Crippen LogP contribution < -0.4 is 19.7 Å². The predicted octanol–water partition coefficient (Wildman–Crippen LogP) is 5.15. The molecule has 0 aliphatic carbocycles. The van der Waals surface area contributed by atoms with Crippen LogP contribution in [0.5, 0.6) is 11.5 Å². The smallest absolute Gasteiger partial charge is 0.258 e. The zero-order chi connectivity index (χ0) is 24.5. The first-order valence-electron chi connectivity index (χ1n) is 11.4. The van der Waals surface area contributed by atoms with E-state index in [0.29, 0.717) is 47.2 Å². The molecule has 0 unspecified atom stereocenters. The number of ether oxygens (including phenoxy) is 2. The Kier molecular flexibility index (Phi) is 5.82. The molecule has 5 rings (SSSR count). The SMILES string of the molecule is Cc1ccc2cc(C(=O)Nc3cc(N(C)C(=O)c4ccc5c(c4)OCCO5)ccc3C)ccc2n1. The minimum absolute atomic E-state index is 0.194. The van der Waals surface area contributed by atoms with E-state index in [9.17, 15) is 9.59 Å². The molecule has 176 valence electrons. The number of carbonyl (C=O) groups is 2.